The van der Waals surface area contributed by atoms with Crippen molar-refractivity contribution in [3.05, 3.63) is 15.5 Å². The highest BCUT2D eigenvalue weighted by molar-refractivity contribution is 7.15. The van der Waals surface area contributed by atoms with Crippen molar-refractivity contribution in [2.24, 2.45) is 0 Å². The number of nitrogens with zero attached hydrogens (tertiary/aromatic N) is 1. The Bertz CT molecular complexity index is 305. The number of halogens is 2. The van der Waals surface area contributed by atoms with E-state index in [1.807, 2.05) is 0 Å². The molecule has 1 aliphatic carbocycles. The van der Waals surface area contributed by atoms with Crippen LogP contribution in [0.5, 0.6) is 0 Å². The summed E-state index contributed by atoms with van der Waals surface area (Å²) in [6.07, 6.45) is 3.55. The maximum Gasteiger partial charge on any atom is 0.115 e. The van der Waals surface area contributed by atoms with Crippen LogP contribution in [0.25, 0.3) is 0 Å². The van der Waals surface area contributed by atoms with Crippen molar-refractivity contribution in [3.63, 3.8) is 0 Å². The number of rotatable bonds is 3. The first-order chi connectivity index (χ1) is 6.75. The van der Waals surface area contributed by atoms with Crippen molar-refractivity contribution in [2.45, 2.75) is 38.0 Å². The smallest absolute Gasteiger partial charge is 0.115 e. The van der Waals surface area contributed by atoms with Crippen molar-refractivity contribution in [3.8, 4) is 0 Å². The molecule has 0 aliphatic heterocycles. The molecule has 1 saturated carbocycles. The van der Waals surface area contributed by atoms with Gasteiger partial charge in [0, 0.05) is 12.6 Å². The van der Waals surface area contributed by atoms with Crippen LogP contribution in [0.1, 0.15) is 24.3 Å². The number of hydrogen-bond acceptors (Lipinski definition) is 3. The molecule has 1 heterocycles. The molecule has 0 amide bonds. The molecule has 1 aliphatic rings. The molecular formula is C9H12ClFN2S. The Labute approximate surface area is 91.5 Å². The maximum absolute atomic E-state index is 13.2. The van der Waals surface area contributed by atoms with Gasteiger partial charge >= 0.3 is 0 Å². The third-order valence-electron chi connectivity index (χ3n) is 2.47. The standard InChI is InChI=1S/C9H12ClFN2S/c10-8-4-13-9(14-8)5-12-7-3-1-2-6(7)11/h4,6-7,12H,1-3,5H2/t6-,7+/m0/s1. The Morgan fingerprint density at radius 1 is 1.64 bits per heavy atom. The van der Waals surface area contributed by atoms with Gasteiger partial charge in [0.1, 0.15) is 15.5 Å². The molecule has 1 aromatic rings. The van der Waals surface area contributed by atoms with Crippen LogP contribution < -0.4 is 5.32 Å². The van der Waals surface area contributed by atoms with E-state index in [9.17, 15) is 4.39 Å². The minimum atomic E-state index is -0.689. The average Bonchev–Trinajstić information content (AvgIpc) is 2.72. The van der Waals surface area contributed by atoms with E-state index in [-0.39, 0.29) is 6.04 Å². The fraction of sp³-hybridized carbons (Fsp3) is 0.667. The van der Waals surface area contributed by atoms with Gasteiger partial charge in [-0.25, -0.2) is 9.37 Å². The van der Waals surface area contributed by atoms with E-state index in [1.54, 1.807) is 6.20 Å². The Kier molecular flexibility index (Phi) is 3.36. The molecule has 78 valence electrons. The van der Waals surface area contributed by atoms with Gasteiger partial charge in [-0.3, -0.25) is 0 Å². The second-order valence-corrected chi connectivity index (χ2v) is 5.24. The Balaban J connectivity index is 1.82. The fourth-order valence-corrected chi connectivity index (χ4v) is 2.64. The lowest BCUT2D eigenvalue weighted by Gasteiger charge is -2.13. The number of aromatic nitrogens is 1. The van der Waals surface area contributed by atoms with Crippen LogP contribution in [-0.4, -0.2) is 17.2 Å². The van der Waals surface area contributed by atoms with Crippen LogP contribution in [0, 0.1) is 0 Å². The van der Waals surface area contributed by atoms with E-state index in [2.05, 4.69) is 10.3 Å². The van der Waals surface area contributed by atoms with Crippen LogP contribution >= 0.6 is 22.9 Å². The molecule has 2 atom stereocenters. The van der Waals surface area contributed by atoms with Crippen LogP contribution in [0.2, 0.25) is 4.34 Å². The zero-order chi connectivity index (χ0) is 9.97. The molecule has 0 aromatic carbocycles. The lowest BCUT2D eigenvalue weighted by atomic mass is 10.2. The third-order valence-corrected chi connectivity index (χ3v) is 3.59. The van der Waals surface area contributed by atoms with E-state index in [0.29, 0.717) is 17.3 Å². The van der Waals surface area contributed by atoms with Gasteiger partial charge < -0.3 is 5.32 Å². The van der Waals surface area contributed by atoms with Crippen molar-refractivity contribution in [2.75, 3.05) is 0 Å². The second-order valence-electron chi connectivity index (χ2n) is 3.49. The molecule has 2 rings (SSSR count). The first kappa shape index (κ1) is 10.3. The second kappa shape index (κ2) is 4.55. The summed E-state index contributed by atoms with van der Waals surface area (Å²) in [5.74, 6) is 0. The van der Waals surface area contributed by atoms with Gasteiger partial charge in [-0.2, -0.15) is 0 Å². The van der Waals surface area contributed by atoms with Crippen molar-refractivity contribution < 1.29 is 4.39 Å². The summed E-state index contributed by atoms with van der Waals surface area (Å²) in [7, 11) is 0. The minimum Gasteiger partial charge on any atom is -0.305 e. The number of nitrogens with one attached hydrogen (secondary N) is 1. The highest BCUT2D eigenvalue weighted by atomic mass is 35.5. The Morgan fingerprint density at radius 2 is 2.50 bits per heavy atom. The van der Waals surface area contributed by atoms with Crippen molar-refractivity contribution >= 4 is 22.9 Å². The van der Waals surface area contributed by atoms with Gasteiger partial charge in [0.25, 0.3) is 0 Å². The number of hydrogen-bond donors (Lipinski definition) is 1. The van der Waals surface area contributed by atoms with Gasteiger partial charge in [0.05, 0.1) is 6.20 Å². The highest BCUT2D eigenvalue weighted by Gasteiger charge is 2.26. The molecule has 14 heavy (non-hydrogen) atoms. The molecule has 1 N–H and O–H groups in total. The lowest BCUT2D eigenvalue weighted by molar-refractivity contribution is 0.279. The van der Waals surface area contributed by atoms with E-state index in [0.717, 1.165) is 17.8 Å². The Morgan fingerprint density at radius 3 is 3.07 bits per heavy atom. The van der Waals surface area contributed by atoms with Crippen LogP contribution in [-0.2, 0) is 6.54 Å². The summed E-state index contributed by atoms with van der Waals surface area (Å²) in [5.41, 5.74) is 0. The summed E-state index contributed by atoms with van der Waals surface area (Å²) in [6, 6.07) is 0.0117. The summed E-state index contributed by atoms with van der Waals surface area (Å²) >= 11 is 7.18. The maximum atomic E-state index is 13.2. The van der Waals surface area contributed by atoms with E-state index in [4.69, 9.17) is 11.6 Å². The van der Waals surface area contributed by atoms with Gasteiger partial charge in [-0.1, -0.05) is 11.6 Å². The fourth-order valence-electron chi connectivity index (χ4n) is 1.73. The zero-order valence-corrected chi connectivity index (χ0v) is 9.24. The molecule has 0 unspecified atom stereocenters. The highest BCUT2D eigenvalue weighted by Crippen LogP contribution is 2.23. The van der Waals surface area contributed by atoms with Gasteiger partial charge in [-0.15, -0.1) is 11.3 Å². The first-order valence-corrected chi connectivity index (χ1v) is 5.93. The zero-order valence-electron chi connectivity index (χ0n) is 7.67. The van der Waals surface area contributed by atoms with Crippen molar-refractivity contribution in [1.29, 1.82) is 0 Å². The molecule has 2 nitrogen and oxygen atoms in total. The predicted molar refractivity (Wildman–Crippen MR) is 56.5 cm³/mol. The normalized spacial score (nSPS) is 27.0. The SMILES string of the molecule is F[C@H]1CCC[C@H]1NCc1ncc(Cl)s1. The average molecular weight is 235 g/mol. The van der Waals surface area contributed by atoms with E-state index in [1.165, 1.54) is 11.3 Å². The van der Waals surface area contributed by atoms with Crippen molar-refractivity contribution in [1.82, 2.24) is 10.3 Å². The quantitative estimate of drug-likeness (QED) is 0.870. The molecule has 1 aromatic heterocycles. The monoisotopic (exact) mass is 234 g/mol. The van der Waals surface area contributed by atoms with Gasteiger partial charge in [-0.05, 0) is 19.3 Å². The molecule has 0 radical (unpaired) electrons. The summed E-state index contributed by atoms with van der Waals surface area (Å²) in [4.78, 5) is 4.10. The largest absolute Gasteiger partial charge is 0.305 e. The van der Waals surface area contributed by atoms with Gasteiger partial charge in [0.15, 0.2) is 0 Å². The van der Waals surface area contributed by atoms with E-state index < -0.39 is 6.17 Å². The summed E-state index contributed by atoms with van der Waals surface area (Å²) in [6.45, 7) is 0.627. The topological polar surface area (TPSA) is 24.9 Å². The first-order valence-electron chi connectivity index (χ1n) is 4.73. The molecule has 0 spiro atoms. The molecular weight excluding hydrogens is 223 g/mol. The van der Waals surface area contributed by atoms with E-state index >= 15 is 0 Å². The molecule has 5 heteroatoms. The van der Waals surface area contributed by atoms with Crippen LogP contribution in [0.3, 0.4) is 0 Å². The van der Waals surface area contributed by atoms with Crippen LogP contribution in [0.15, 0.2) is 6.20 Å². The van der Waals surface area contributed by atoms with Crippen LogP contribution in [0.4, 0.5) is 4.39 Å². The number of thiazole rings is 1. The van der Waals surface area contributed by atoms with Gasteiger partial charge in [0.2, 0.25) is 0 Å². The Hall–Kier alpha value is -0.190. The molecule has 0 saturated heterocycles. The summed E-state index contributed by atoms with van der Waals surface area (Å²) < 4.78 is 13.9. The third kappa shape index (κ3) is 2.43. The predicted octanol–water partition coefficient (Wildman–Crippen LogP) is 2.78. The molecule has 0 bridgehead atoms. The lowest BCUT2D eigenvalue weighted by Crippen LogP contribution is -2.32. The molecule has 1 fully saturated rings. The number of alkyl halides is 1. The summed E-state index contributed by atoms with van der Waals surface area (Å²) in [5, 5.41) is 4.10. The minimum absolute atomic E-state index is 0.0117.